The van der Waals surface area contributed by atoms with Gasteiger partial charge in [0.25, 0.3) is 12.0 Å². The maximum absolute atomic E-state index is 13.7. The third-order valence-electron chi connectivity index (χ3n) is 6.33. The maximum atomic E-state index is 13.7. The van der Waals surface area contributed by atoms with Gasteiger partial charge >= 0.3 is 12.1 Å². The smallest absolute Gasteiger partial charge is 0.416 e. The molecular weight excluding hydrogens is 593 g/mol. The first-order valence-electron chi connectivity index (χ1n) is 11.8. The number of aromatic carboxylic acids is 1. The van der Waals surface area contributed by atoms with Gasteiger partial charge in [0, 0.05) is 33.3 Å². The Hall–Kier alpha value is -4.10. The highest BCUT2D eigenvalue weighted by atomic mass is 35.5. The minimum absolute atomic E-state index is 0.0117. The van der Waals surface area contributed by atoms with Crippen LogP contribution in [0.2, 0.25) is 5.02 Å². The summed E-state index contributed by atoms with van der Waals surface area (Å²) in [5, 5.41) is 10.7. The van der Waals surface area contributed by atoms with Gasteiger partial charge in [-0.3, -0.25) is 14.3 Å². The van der Waals surface area contributed by atoms with Gasteiger partial charge in [-0.05, 0) is 43.3 Å². The number of alkyl halides is 5. The standard InChI is InChI=1S/C27H17ClF5N3O4S/c1-12-35-19-9-13(27(31,32)33)8-17(24(29)30)21(19)25(37)36(12)6-7-40-20-3-2-14(28)10-16(20)15-4-5-34-22-18(26(38)39)11-41-23(15)22/h2-5,8-11,24H,6-7H2,1H3,(H,38,39). The van der Waals surface area contributed by atoms with Crippen LogP contribution in [-0.2, 0) is 12.7 Å². The van der Waals surface area contributed by atoms with E-state index in [0.717, 1.165) is 4.57 Å². The van der Waals surface area contributed by atoms with Crippen molar-refractivity contribution in [3.63, 3.8) is 0 Å². The number of hydrogen-bond acceptors (Lipinski definition) is 6. The number of carbonyl (C=O) groups is 1. The first-order valence-corrected chi connectivity index (χ1v) is 13.0. The van der Waals surface area contributed by atoms with Crippen LogP contribution >= 0.6 is 22.9 Å². The minimum atomic E-state index is -4.90. The maximum Gasteiger partial charge on any atom is 0.416 e. The lowest BCUT2D eigenvalue weighted by Crippen LogP contribution is -2.27. The van der Waals surface area contributed by atoms with Gasteiger partial charge in [-0.1, -0.05) is 11.6 Å². The fourth-order valence-corrected chi connectivity index (χ4v) is 5.67. The lowest BCUT2D eigenvalue weighted by atomic mass is 10.0. The quantitative estimate of drug-likeness (QED) is 0.194. The summed E-state index contributed by atoms with van der Waals surface area (Å²) in [5.74, 6) is -0.787. The van der Waals surface area contributed by atoms with Gasteiger partial charge in [-0.2, -0.15) is 13.2 Å². The third kappa shape index (κ3) is 5.34. The molecule has 0 bridgehead atoms. The Morgan fingerprint density at radius 2 is 1.93 bits per heavy atom. The van der Waals surface area contributed by atoms with E-state index < -0.39 is 46.2 Å². The van der Waals surface area contributed by atoms with E-state index in [9.17, 15) is 36.6 Å². The number of hydrogen-bond donors (Lipinski definition) is 1. The number of fused-ring (bicyclic) bond motifs is 2. The van der Waals surface area contributed by atoms with Crippen molar-refractivity contribution in [2.75, 3.05) is 6.61 Å². The SMILES string of the molecule is Cc1nc2cc(C(F)(F)F)cc(C(F)F)c2c(=O)n1CCOc1ccc(Cl)cc1-c1ccnc2c(C(=O)O)csc12. The molecule has 0 spiro atoms. The van der Waals surface area contributed by atoms with Gasteiger partial charge in [-0.25, -0.2) is 18.6 Å². The number of aryl methyl sites for hydroxylation is 1. The predicted octanol–water partition coefficient (Wildman–Crippen LogP) is 7.37. The highest BCUT2D eigenvalue weighted by Crippen LogP contribution is 2.40. The van der Waals surface area contributed by atoms with Crippen LogP contribution in [0.5, 0.6) is 5.75 Å². The van der Waals surface area contributed by atoms with Crippen molar-refractivity contribution in [3.8, 4) is 16.9 Å². The zero-order valence-corrected chi connectivity index (χ0v) is 22.4. The fourth-order valence-electron chi connectivity index (χ4n) is 4.47. The molecule has 14 heteroatoms. The first kappa shape index (κ1) is 28.4. The number of rotatable bonds is 7. The predicted molar refractivity (Wildman–Crippen MR) is 143 cm³/mol. The highest BCUT2D eigenvalue weighted by molar-refractivity contribution is 7.18. The van der Waals surface area contributed by atoms with Crippen LogP contribution in [0, 0.1) is 6.92 Å². The number of thiophene rings is 1. The number of pyridine rings is 1. The van der Waals surface area contributed by atoms with Crippen molar-refractivity contribution < 1.29 is 36.6 Å². The lowest BCUT2D eigenvalue weighted by Gasteiger charge is -2.16. The normalized spacial score (nSPS) is 12.0. The van der Waals surface area contributed by atoms with E-state index in [-0.39, 0.29) is 30.6 Å². The average molecular weight is 610 g/mol. The van der Waals surface area contributed by atoms with E-state index in [2.05, 4.69) is 9.97 Å². The number of carboxylic acid groups (broad SMARTS) is 1. The Balaban J connectivity index is 1.50. The van der Waals surface area contributed by atoms with E-state index >= 15 is 0 Å². The summed E-state index contributed by atoms with van der Waals surface area (Å²) in [4.78, 5) is 33.0. The van der Waals surface area contributed by atoms with Crippen molar-refractivity contribution >= 4 is 50.0 Å². The van der Waals surface area contributed by atoms with E-state index in [1.165, 1.54) is 29.8 Å². The molecule has 41 heavy (non-hydrogen) atoms. The molecule has 2 aromatic carbocycles. The third-order valence-corrected chi connectivity index (χ3v) is 7.57. The van der Waals surface area contributed by atoms with Crippen molar-refractivity contribution in [2.45, 2.75) is 26.1 Å². The molecule has 1 N–H and O–H groups in total. The second-order valence-corrected chi connectivity index (χ2v) is 10.2. The molecule has 3 aromatic heterocycles. The summed E-state index contributed by atoms with van der Waals surface area (Å²) in [6, 6.07) is 7.28. The molecule has 0 aliphatic carbocycles. The van der Waals surface area contributed by atoms with E-state index in [1.54, 1.807) is 24.3 Å². The monoisotopic (exact) mass is 609 g/mol. The molecule has 0 aliphatic rings. The lowest BCUT2D eigenvalue weighted by molar-refractivity contribution is -0.137. The van der Waals surface area contributed by atoms with Gasteiger partial charge < -0.3 is 9.84 Å². The molecule has 0 aliphatic heterocycles. The van der Waals surface area contributed by atoms with E-state index in [0.29, 0.717) is 38.2 Å². The van der Waals surface area contributed by atoms with Crippen LogP contribution in [0.3, 0.4) is 0 Å². The van der Waals surface area contributed by atoms with Gasteiger partial charge in [0.15, 0.2) is 0 Å². The van der Waals surface area contributed by atoms with Crippen LogP contribution in [0.4, 0.5) is 22.0 Å². The van der Waals surface area contributed by atoms with Gasteiger partial charge in [-0.15, -0.1) is 11.3 Å². The number of halogens is 6. The molecule has 3 heterocycles. The number of benzene rings is 2. The Labute approximate surface area is 236 Å². The Morgan fingerprint density at radius 3 is 2.61 bits per heavy atom. The summed E-state index contributed by atoms with van der Waals surface area (Å²) in [6.45, 7) is 1.07. The Morgan fingerprint density at radius 1 is 1.17 bits per heavy atom. The zero-order chi connectivity index (χ0) is 29.6. The fraction of sp³-hybridized carbons (Fsp3) is 0.185. The Bertz CT molecular complexity index is 1890. The molecule has 5 rings (SSSR count). The largest absolute Gasteiger partial charge is 0.491 e. The van der Waals surface area contributed by atoms with Crippen LogP contribution in [0.15, 0.2) is 52.8 Å². The first-order chi connectivity index (χ1) is 19.4. The van der Waals surface area contributed by atoms with Gasteiger partial charge in [0.2, 0.25) is 0 Å². The van der Waals surface area contributed by atoms with Gasteiger partial charge in [0.1, 0.15) is 18.2 Å². The minimum Gasteiger partial charge on any atom is -0.491 e. The van der Waals surface area contributed by atoms with Crippen LogP contribution in [0.1, 0.15) is 33.7 Å². The molecular formula is C27H17ClF5N3O4S. The van der Waals surface area contributed by atoms with Crippen molar-refractivity contribution in [3.05, 3.63) is 85.9 Å². The molecule has 0 saturated heterocycles. The van der Waals surface area contributed by atoms with E-state index in [4.69, 9.17) is 16.3 Å². The van der Waals surface area contributed by atoms with Crippen LogP contribution in [0.25, 0.3) is 32.2 Å². The summed E-state index contributed by atoms with van der Waals surface area (Å²) in [7, 11) is 0. The number of aromatic nitrogens is 3. The molecule has 0 radical (unpaired) electrons. The summed E-state index contributed by atoms with van der Waals surface area (Å²) < 4.78 is 74.8. The van der Waals surface area contributed by atoms with Crippen molar-refractivity contribution in [1.29, 1.82) is 0 Å². The van der Waals surface area contributed by atoms with Crippen molar-refractivity contribution in [1.82, 2.24) is 14.5 Å². The number of ether oxygens (including phenoxy) is 1. The second-order valence-electron chi connectivity index (χ2n) is 8.85. The molecule has 7 nitrogen and oxygen atoms in total. The molecule has 0 amide bonds. The number of carboxylic acids is 1. The van der Waals surface area contributed by atoms with Crippen molar-refractivity contribution in [2.24, 2.45) is 0 Å². The molecule has 212 valence electrons. The average Bonchev–Trinajstić information content (AvgIpc) is 3.35. The topological polar surface area (TPSA) is 94.3 Å². The van der Waals surface area contributed by atoms with Crippen LogP contribution in [-0.4, -0.2) is 32.2 Å². The molecule has 0 saturated carbocycles. The van der Waals surface area contributed by atoms with E-state index in [1.807, 2.05) is 0 Å². The van der Waals surface area contributed by atoms with Crippen LogP contribution < -0.4 is 10.3 Å². The summed E-state index contributed by atoms with van der Waals surface area (Å²) >= 11 is 7.42. The Kier molecular flexibility index (Phi) is 7.43. The molecule has 0 fully saturated rings. The summed E-state index contributed by atoms with van der Waals surface area (Å²) in [5.41, 5.74) is -2.33. The zero-order valence-electron chi connectivity index (χ0n) is 20.8. The molecule has 0 atom stereocenters. The molecule has 0 unspecified atom stereocenters. The highest BCUT2D eigenvalue weighted by Gasteiger charge is 2.33. The van der Waals surface area contributed by atoms with Gasteiger partial charge in [0.05, 0.1) is 38.8 Å². The summed E-state index contributed by atoms with van der Waals surface area (Å²) in [6.07, 6.45) is -6.78. The molecule has 5 aromatic rings. The second kappa shape index (κ2) is 10.7. The number of nitrogens with zero attached hydrogens (tertiary/aromatic N) is 3.